The maximum atomic E-state index is 12.7. The zero-order valence-electron chi connectivity index (χ0n) is 17.7. The van der Waals surface area contributed by atoms with Gasteiger partial charge in [0.05, 0.1) is 17.3 Å². The standard InChI is InChI=1S/C23H30N4O2/c1-16(22-17(2)26-29-18(22)3)23(28)27(4)14-10-6-9-13-20-15-21(25-24-20)19-11-7-5-8-12-19/h5,7-8,11-12,15-16H,6,9-10,13-14H2,1-4H3,(H,24,25). The highest BCUT2D eigenvalue weighted by Crippen LogP contribution is 2.25. The molecule has 29 heavy (non-hydrogen) atoms. The van der Waals surface area contributed by atoms with Gasteiger partial charge >= 0.3 is 0 Å². The fourth-order valence-corrected chi connectivity index (χ4v) is 3.76. The molecule has 0 aliphatic heterocycles. The first-order valence-corrected chi connectivity index (χ1v) is 10.2. The van der Waals surface area contributed by atoms with Crippen LogP contribution in [-0.4, -0.2) is 39.8 Å². The molecule has 0 spiro atoms. The molecular formula is C23H30N4O2. The Labute approximate surface area is 172 Å². The average Bonchev–Trinajstić information content (AvgIpc) is 3.33. The van der Waals surface area contributed by atoms with Crippen LogP contribution in [-0.2, 0) is 11.2 Å². The van der Waals surface area contributed by atoms with Gasteiger partial charge in [-0.25, -0.2) is 0 Å². The van der Waals surface area contributed by atoms with Crippen molar-refractivity contribution in [1.29, 1.82) is 0 Å². The molecular weight excluding hydrogens is 364 g/mol. The van der Waals surface area contributed by atoms with Gasteiger partial charge in [0, 0.05) is 30.4 Å². The molecule has 0 saturated carbocycles. The Bertz CT molecular complexity index is 910. The summed E-state index contributed by atoms with van der Waals surface area (Å²) < 4.78 is 5.20. The number of unbranched alkanes of at least 4 members (excludes halogenated alkanes) is 2. The fraction of sp³-hybridized carbons (Fsp3) is 0.435. The minimum absolute atomic E-state index is 0.112. The Hall–Kier alpha value is -2.89. The Morgan fingerprint density at radius 3 is 2.62 bits per heavy atom. The normalized spacial score (nSPS) is 12.1. The molecule has 0 fully saturated rings. The molecule has 0 aliphatic rings. The van der Waals surface area contributed by atoms with Gasteiger partial charge in [0.2, 0.25) is 5.91 Å². The second-order valence-electron chi connectivity index (χ2n) is 7.67. The van der Waals surface area contributed by atoms with Crippen molar-refractivity contribution in [3.05, 3.63) is 59.1 Å². The lowest BCUT2D eigenvalue weighted by Gasteiger charge is -2.21. The lowest BCUT2D eigenvalue weighted by molar-refractivity contribution is -0.131. The second-order valence-corrected chi connectivity index (χ2v) is 7.67. The third-order valence-corrected chi connectivity index (χ3v) is 5.41. The van der Waals surface area contributed by atoms with Crippen LogP contribution >= 0.6 is 0 Å². The van der Waals surface area contributed by atoms with Crippen molar-refractivity contribution in [2.45, 2.75) is 52.4 Å². The minimum Gasteiger partial charge on any atom is -0.361 e. The Balaban J connectivity index is 1.40. The predicted octanol–water partition coefficient (Wildman–Crippen LogP) is 4.66. The van der Waals surface area contributed by atoms with E-state index < -0.39 is 0 Å². The molecule has 1 unspecified atom stereocenters. The van der Waals surface area contributed by atoms with E-state index in [1.807, 2.05) is 50.9 Å². The van der Waals surface area contributed by atoms with Crippen molar-refractivity contribution in [2.75, 3.05) is 13.6 Å². The summed E-state index contributed by atoms with van der Waals surface area (Å²) in [5.74, 6) is 0.610. The van der Waals surface area contributed by atoms with E-state index in [0.29, 0.717) is 0 Å². The largest absolute Gasteiger partial charge is 0.361 e. The number of nitrogens with zero attached hydrogens (tertiary/aromatic N) is 3. The summed E-state index contributed by atoms with van der Waals surface area (Å²) in [6.45, 7) is 6.42. The first kappa shape index (κ1) is 20.8. The summed E-state index contributed by atoms with van der Waals surface area (Å²) in [7, 11) is 1.87. The minimum atomic E-state index is -0.229. The Kier molecular flexibility index (Phi) is 6.86. The zero-order valence-corrected chi connectivity index (χ0v) is 17.7. The van der Waals surface area contributed by atoms with Crippen LogP contribution in [0.4, 0.5) is 0 Å². The van der Waals surface area contributed by atoms with Gasteiger partial charge in [-0.05, 0) is 46.1 Å². The van der Waals surface area contributed by atoms with Crippen molar-refractivity contribution in [2.24, 2.45) is 0 Å². The number of benzene rings is 1. The lowest BCUT2D eigenvalue weighted by Crippen LogP contribution is -2.31. The van der Waals surface area contributed by atoms with Crippen molar-refractivity contribution < 1.29 is 9.32 Å². The van der Waals surface area contributed by atoms with E-state index in [2.05, 4.69) is 33.6 Å². The van der Waals surface area contributed by atoms with Gasteiger partial charge in [-0.3, -0.25) is 9.89 Å². The molecule has 0 saturated heterocycles. The van der Waals surface area contributed by atoms with Crippen LogP contribution in [0.15, 0.2) is 40.9 Å². The Morgan fingerprint density at radius 2 is 1.93 bits per heavy atom. The number of carbonyl (C=O) groups is 1. The number of amides is 1. The smallest absolute Gasteiger partial charge is 0.229 e. The highest BCUT2D eigenvalue weighted by atomic mass is 16.5. The summed E-state index contributed by atoms with van der Waals surface area (Å²) in [5.41, 5.74) is 4.98. The van der Waals surface area contributed by atoms with Crippen molar-refractivity contribution in [3.8, 4) is 11.3 Å². The van der Waals surface area contributed by atoms with Crippen LogP contribution < -0.4 is 0 Å². The van der Waals surface area contributed by atoms with Gasteiger partial charge in [0.15, 0.2) is 0 Å². The van der Waals surface area contributed by atoms with Crippen LogP contribution in [0.25, 0.3) is 11.3 Å². The molecule has 1 amide bonds. The summed E-state index contributed by atoms with van der Waals surface area (Å²) in [4.78, 5) is 14.5. The van der Waals surface area contributed by atoms with E-state index in [1.54, 1.807) is 0 Å². The molecule has 154 valence electrons. The van der Waals surface area contributed by atoms with Crippen LogP contribution in [0.1, 0.15) is 54.8 Å². The van der Waals surface area contributed by atoms with Gasteiger partial charge in [-0.1, -0.05) is 41.9 Å². The first-order valence-electron chi connectivity index (χ1n) is 10.2. The van der Waals surface area contributed by atoms with E-state index in [1.165, 1.54) is 0 Å². The number of hydrogen-bond acceptors (Lipinski definition) is 4. The molecule has 3 aromatic rings. The fourth-order valence-electron chi connectivity index (χ4n) is 3.76. The van der Waals surface area contributed by atoms with Gasteiger partial charge in [0.25, 0.3) is 0 Å². The second kappa shape index (κ2) is 9.54. The maximum Gasteiger partial charge on any atom is 0.229 e. The monoisotopic (exact) mass is 394 g/mol. The summed E-state index contributed by atoms with van der Waals surface area (Å²) in [6, 6.07) is 12.3. The van der Waals surface area contributed by atoms with Crippen molar-refractivity contribution in [1.82, 2.24) is 20.3 Å². The molecule has 6 nitrogen and oxygen atoms in total. The molecule has 2 heterocycles. The van der Waals surface area contributed by atoms with Crippen LogP contribution in [0.5, 0.6) is 0 Å². The molecule has 3 rings (SSSR count). The molecule has 1 atom stereocenters. The summed E-state index contributed by atoms with van der Waals surface area (Å²) >= 11 is 0. The van der Waals surface area contributed by atoms with Crippen molar-refractivity contribution >= 4 is 5.91 Å². The summed E-state index contributed by atoms with van der Waals surface area (Å²) in [6.07, 6.45) is 4.08. The number of rotatable bonds is 9. The topological polar surface area (TPSA) is 75.0 Å². The number of aryl methyl sites for hydroxylation is 3. The number of H-pyrrole nitrogens is 1. The number of likely N-dealkylation sites (N-methyl/N-ethyl adjacent to an activating group) is 1. The Morgan fingerprint density at radius 1 is 1.17 bits per heavy atom. The van der Waals surface area contributed by atoms with Gasteiger partial charge in [0.1, 0.15) is 5.76 Å². The quantitative estimate of drug-likeness (QED) is 0.536. The first-order chi connectivity index (χ1) is 14.0. The third kappa shape index (κ3) is 5.13. The molecule has 0 aliphatic carbocycles. The summed E-state index contributed by atoms with van der Waals surface area (Å²) in [5, 5.41) is 11.5. The number of carbonyl (C=O) groups excluding carboxylic acids is 1. The zero-order chi connectivity index (χ0) is 20.8. The number of aromatic nitrogens is 3. The van der Waals surface area contributed by atoms with E-state index in [0.717, 1.165) is 66.2 Å². The predicted molar refractivity (Wildman–Crippen MR) is 114 cm³/mol. The maximum absolute atomic E-state index is 12.7. The highest BCUT2D eigenvalue weighted by Gasteiger charge is 2.25. The number of nitrogens with one attached hydrogen (secondary N) is 1. The average molecular weight is 395 g/mol. The molecule has 1 aromatic carbocycles. The van der Waals surface area contributed by atoms with E-state index >= 15 is 0 Å². The van der Waals surface area contributed by atoms with Crippen LogP contribution in [0.2, 0.25) is 0 Å². The number of hydrogen-bond donors (Lipinski definition) is 1. The van der Waals surface area contributed by atoms with Crippen LogP contribution in [0, 0.1) is 13.8 Å². The van der Waals surface area contributed by atoms with Gasteiger partial charge in [-0.2, -0.15) is 5.10 Å². The lowest BCUT2D eigenvalue weighted by atomic mass is 9.98. The van der Waals surface area contributed by atoms with E-state index in [4.69, 9.17) is 4.52 Å². The van der Waals surface area contributed by atoms with Gasteiger partial charge in [-0.15, -0.1) is 0 Å². The molecule has 1 N–H and O–H groups in total. The van der Waals surface area contributed by atoms with Crippen LogP contribution in [0.3, 0.4) is 0 Å². The molecule has 0 bridgehead atoms. The molecule has 0 radical (unpaired) electrons. The highest BCUT2D eigenvalue weighted by molar-refractivity contribution is 5.83. The molecule has 6 heteroatoms. The van der Waals surface area contributed by atoms with E-state index in [9.17, 15) is 4.79 Å². The molecule has 2 aromatic heterocycles. The SMILES string of the molecule is Cc1noc(C)c1C(C)C(=O)N(C)CCCCCc1cc(-c2ccccc2)n[nH]1. The van der Waals surface area contributed by atoms with Gasteiger partial charge < -0.3 is 9.42 Å². The van der Waals surface area contributed by atoms with E-state index in [-0.39, 0.29) is 11.8 Å². The third-order valence-electron chi connectivity index (χ3n) is 5.41. The number of aromatic amines is 1. The van der Waals surface area contributed by atoms with Crippen molar-refractivity contribution in [3.63, 3.8) is 0 Å².